The number of benzene rings is 1. The van der Waals surface area contributed by atoms with E-state index in [-0.39, 0.29) is 11.8 Å². The highest BCUT2D eigenvalue weighted by Gasteiger charge is 2.28. The van der Waals surface area contributed by atoms with Crippen LogP contribution in [0.15, 0.2) is 28.7 Å². The van der Waals surface area contributed by atoms with Gasteiger partial charge in [0, 0.05) is 31.6 Å². The first-order valence-electron chi connectivity index (χ1n) is 9.25. The Bertz CT molecular complexity index is 894. The summed E-state index contributed by atoms with van der Waals surface area (Å²) < 4.78 is 5.92. The van der Waals surface area contributed by atoms with Crippen molar-refractivity contribution >= 4 is 17.0 Å². The van der Waals surface area contributed by atoms with Gasteiger partial charge in [0.15, 0.2) is 11.5 Å². The average molecular weight is 352 g/mol. The molecule has 6 nitrogen and oxygen atoms in total. The highest BCUT2D eigenvalue weighted by atomic mass is 16.3. The summed E-state index contributed by atoms with van der Waals surface area (Å²) in [6.45, 7) is 5.55. The molecule has 1 N–H and O–H groups in total. The number of likely N-dealkylation sites (tertiary alicyclic amines) is 1. The second-order valence-corrected chi connectivity index (χ2v) is 7.12. The average Bonchev–Trinajstić information content (AvgIpc) is 3.24. The van der Waals surface area contributed by atoms with Crippen LogP contribution < -0.4 is 0 Å². The predicted molar refractivity (Wildman–Crippen MR) is 98.9 cm³/mol. The predicted octanol–water partition coefficient (Wildman–Crippen LogP) is 3.51. The molecule has 3 heterocycles. The first-order valence-corrected chi connectivity index (χ1v) is 9.25. The highest BCUT2D eigenvalue weighted by molar-refractivity contribution is 5.76. The number of carbonyl (C=O) groups excluding carboxylic acids is 1. The van der Waals surface area contributed by atoms with Crippen molar-refractivity contribution in [3.05, 3.63) is 47.1 Å². The number of oxazole rings is 1. The van der Waals surface area contributed by atoms with Crippen LogP contribution in [0.3, 0.4) is 0 Å². The number of para-hydroxylation sites is 2. The maximum Gasteiger partial charge on any atom is 0.222 e. The molecule has 136 valence electrons. The minimum atomic E-state index is 0.175. The van der Waals surface area contributed by atoms with Crippen LogP contribution in [0.4, 0.5) is 0 Å². The van der Waals surface area contributed by atoms with E-state index in [1.54, 1.807) is 0 Å². The number of hydrogen-bond donors (Lipinski definition) is 1. The van der Waals surface area contributed by atoms with E-state index in [9.17, 15) is 4.79 Å². The van der Waals surface area contributed by atoms with Gasteiger partial charge in [-0.1, -0.05) is 12.1 Å². The Hall–Kier alpha value is -2.63. The quantitative estimate of drug-likeness (QED) is 0.780. The summed E-state index contributed by atoms with van der Waals surface area (Å²) in [6.07, 6.45) is 3.16. The fraction of sp³-hybridized carbons (Fsp3) is 0.450. The molecule has 26 heavy (non-hydrogen) atoms. The normalized spacial score (nSPS) is 17.8. The van der Waals surface area contributed by atoms with Crippen molar-refractivity contribution in [3.63, 3.8) is 0 Å². The second kappa shape index (κ2) is 6.94. The first kappa shape index (κ1) is 16.8. The third kappa shape index (κ3) is 3.23. The van der Waals surface area contributed by atoms with Crippen LogP contribution in [0.1, 0.15) is 48.0 Å². The van der Waals surface area contributed by atoms with E-state index >= 15 is 0 Å². The van der Waals surface area contributed by atoms with E-state index in [4.69, 9.17) is 4.42 Å². The molecule has 4 rings (SSSR count). The van der Waals surface area contributed by atoms with E-state index in [0.29, 0.717) is 19.4 Å². The van der Waals surface area contributed by atoms with E-state index in [0.717, 1.165) is 53.3 Å². The summed E-state index contributed by atoms with van der Waals surface area (Å²) >= 11 is 0. The van der Waals surface area contributed by atoms with Gasteiger partial charge in [0.2, 0.25) is 5.91 Å². The highest BCUT2D eigenvalue weighted by Crippen LogP contribution is 2.29. The van der Waals surface area contributed by atoms with Gasteiger partial charge in [-0.05, 0) is 44.4 Å². The maximum atomic E-state index is 12.7. The van der Waals surface area contributed by atoms with Crippen molar-refractivity contribution in [1.82, 2.24) is 20.1 Å². The number of piperidine rings is 1. The second-order valence-electron chi connectivity index (χ2n) is 7.12. The Kier molecular flexibility index (Phi) is 4.49. The Morgan fingerprint density at radius 1 is 1.35 bits per heavy atom. The molecule has 0 bridgehead atoms. The molecule has 0 unspecified atom stereocenters. The van der Waals surface area contributed by atoms with Crippen molar-refractivity contribution in [2.75, 3.05) is 13.1 Å². The minimum Gasteiger partial charge on any atom is -0.440 e. The fourth-order valence-electron chi connectivity index (χ4n) is 3.63. The van der Waals surface area contributed by atoms with Crippen LogP contribution in [0.25, 0.3) is 11.1 Å². The molecule has 6 heteroatoms. The van der Waals surface area contributed by atoms with Crippen molar-refractivity contribution in [1.29, 1.82) is 0 Å². The lowest BCUT2D eigenvalue weighted by Crippen LogP contribution is -2.39. The molecule has 0 saturated carbocycles. The number of fused-ring (bicyclic) bond motifs is 1. The summed E-state index contributed by atoms with van der Waals surface area (Å²) in [7, 11) is 0. The van der Waals surface area contributed by atoms with Crippen LogP contribution in [0, 0.1) is 13.8 Å². The Balaban J connectivity index is 1.41. The molecule has 0 spiro atoms. The summed E-state index contributed by atoms with van der Waals surface area (Å²) in [5, 5.41) is 7.28. The topological polar surface area (TPSA) is 75.0 Å². The lowest BCUT2D eigenvalue weighted by molar-refractivity contribution is -0.132. The van der Waals surface area contributed by atoms with Crippen LogP contribution in [-0.2, 0) is 11.2 Å². The van der Waals surface area contributed by atoms with E-state index in [2.05, 4.69) is 15.2 Å². The summed E-state index contributed by atoms with van der Waals surface area (Å²) in [5.41, 5.74) is 4.91. The SMILES string of the molecule is Cc1[nH]nc(CCC(=O)N2CCC[C@@H](c3nc4ccccc4o3)C2)c1C. The van der Waals surface area contributed by atoms with Gasteiger partial charge in [0.25, 0.3) is 0 Å². The van der Waals surface area contributed by atoms with Crippen molar-refractivity contribution in [3.8, 4) is 0 Å². The van der Waals surface area contributed by atoms with Gasteiger partial charge in [-0.2, -0.15) is 5.10 Å². The zero-order valence-electron chi connectivity index (χ0n) is 15.3. The number of aromatic nitrogens is 3. The van der Waals surface area contributed by atoms with Gasteiger partial charge >= 0.3 is 0 Å². The number of amides is 1. The molecule has 2 aromatic heterocycles. The fourth-order valence-corrected chi connectivity index (χ4v) is 3.63. The molecule has 0 radical (unpaired) electrons. The Labute approximate surface area is 152 Å². The first-order chi connectivity index (χ1) is 12.6. The molecule has 1 aliphatic rings. The van der Waals surface area contributed by atoms with Crippen LogP contribution in [-0.4, -0.2) is 39.1 Å². The van der Waals surface area contributed by atoms with Gasteiger partial charge in [-0.3, -0.25) is 9.89 Å². The number of H-pyrrole nitrogens is 1. The Morgan fingerprint density at radius 2 is 2.19 bits per heavy atom. The van der Waals surface area contributed by atoms with Crippen LogP contribution in [0.2, 0.25) is 0 Å². The monoisotopic (exact) mass is 352 g/mol. The molecular formula is C20H24N4O2. The largest absolute Gasteiger partial charge is 0.440 e. The maximum absolute atomic E-state index is 12.7. The molecule has 1 atom stereocenters. The number of aryl methyl sites for hydroxylation is 2. The molecule has 1 aliphatic heterocycles. The molecule has 3 aromatic rings. The van der Waals surface area contributed by atoms with E-state index in [1.165, 1.54) is 0 Å². The standard InChI is InChI=1S/C20H24N4O2/c1-13-14(2)22-23-16(13)9-10-19(25)24-11-5-6-15(12-24)20-21-17-7-3-4-8-18(17)26-20/h3-4,7-8,15H,5-6,9-12H2,1-2H3,(H,22,23)/t15-/m1/s1. The lowest BCUT2D eigenvalue weighted by Gasteiger charge is -2.31. The molecule has 0 aliphatic carbocycles. The number of rotatable bonds is 4. The summed E-state index contributed by atoms with van der Waals surface area (Å²) in [5.74, 6) is 1.11. The number of carbonyl (C=O) groups is 1. The van der Waals surface area contributed by atoms with Crippen molar-refractivity contribution in [2.24, 2.45) is 0 Å². The number of aromatic amines is 1. The third-order valence-electron chi connectivity index (χ3n) is 5.36. The van der Waals surface area contributed by atoms with Gasteiger partial charge in [0.05, 0.1) is 11.6 Å². The lowest BCUT2D eigenvalue weighted by atomic mass is 9.97. The summed E-state index contributed by atoms with van der Waals surface area (Å²) in [6, 6.07) is 7.81. The van der Waals surface area contributed by atoms with Crippen LogP contribution in [0.5, 0.6) is 0 Å². The third-order valence-corrected chi connectivity index (χ3v) is 5.36. The molecule has 1 saturated heterocycles. The van der Waals surface area contributed by atoms with E-state index in [1.807, 2.05) is 43.0 Å². The molecular weight excluding hydrogens is 328 g/mol. The molecule has 1 amide bonds. The van der Waals surface area contributed by atoms with Gasteiger partial charge < -0.3 is 9.32 Å². The Morgan fingerprint density at radius 3 is 2.96 bits per heavy atom. The van der Waals surface area contributed by atoms with Gasteiger partial charge in [-0.15, -0.1) is 0 Å². The molecule has 1 aromatic carbocycles. The summed E-state index contributed by atoms with van der Waals surface area (Å²) in [4.78, 5) is 19.3. The number of nitrogens with one attached hydrogen (secondary N) is 1. The van der Waals surface area contributed by atoms with Gasteiger partial charge in [-0.25, -0.2) is 4.98 Å². The molecule has 1 fully saturated rings. The number of hydrogen-bond acceptors (Lipinski definition) is 4. The van der Waals surface area contributed by atoms with Gasteiger partial charge in [0.1, 0.15) is 5.52 Å². The zero-order valence-corrected chi connectivity index (χ0v) is 15.3. The smallest absolute Gasteiger partial charge is 0.222 e. The van der Waals surface area contributed by atoms with Crippen LogP contribution >= 0.6 is 0 Å². The minimum absolute atomic E-state index is 0.175. The zero-order chi connectivity index (χ0) is 18.1. The van der Waals surface area contributed by atoms with E-state index < -0.39 is 0 Å². The van der Waals surface area contributed by atoms with Crippen molar-refractivity contribution < 1.29 is 9.21 Å². The number of nitrogens with zero attached hydrogens (tertiary/aromatic N) is 3. The van der Waals surface area contributed by atoms with Crippen molar-refractivity contribution in [2.45, 2.75) is 45.4 Å².